The van der Waals surface area contributed by atoms with Crippen LogP contribution < -0.4 is 9.47 Å². The van der Waals surface area contributed by atoms with E-state index in [9.17, 15) is 13.2 Å². The lowest BCUT2D eigenvalue weighted by Crippen LogP contribution is -2.10. The molecule has 0 radical (unpaired) electrons. The van der Waals surface area contributed by atoms with Crippen LogP contribution >= 0.6 is 0 Å². The summed E-state index contributed by atoms with van der Waals surface area (Å²) in [4.78, 5) is 11.9. The van der Waals surface area contributed by atoms with Crippen LogP contribution in [0.25, 0.3) is 11.1 Å². The van der Waals surface area contributed by atoms with E-state index in [4.69, 9.17) is 19.3 Å². The molecule has 2 aliphatic rings. The third-order valence-electron chi connectivity index (χ3n) is 7.77. The van der Waals surface area contributed by atoms with Crippen molar-refractivity contribution in [3.63, 3.8) is 0 Å². The van der Waals surface area contributed by atoms with Gasteiger partial charge >= 0.3 is 5.97 Å². The maximum atomic E-state index is 15.3. The Labute approximate surface area is 233 Å². The highest BCUT2D eigenvalue weighted by atomic mass is 32.2. The summed E-state index contributed by atoms with van der Waals surface area (Å²) in [6, 6.07) is 12.0. The van der Waals surface area contributed by atoms with E-state index in [1.807, 2.05) is 26.0 Å². The van der Waals surface area contributed by atoms with Crippen LogP contribution in [-0.2, 0) is 25.8 Å². The number of aliphatic hydroxyl groups is 1. The van der Waals surface area contributed by atoms with Gasteiger partial charge in [-0.1, -0.05) is 12.1 Å². The Morgan fingerprint density at radius 3 is 2.58 bits per heavy atom. The zero-order valence-corrected chi connectivity index (χ0v) is 23.6. The Morgan fingerprint density at radius 1 is 1.12 bits per heavy atom. The largest absolute Gasteiger partial charge is 0.492 e. The molecule has 0 spiro atoms. The molecule has 0 bridgehead atoms. The molecule has 0 amide bonds. The van der Waals surface area contributed by atoms with Gasteiger partial charge in [-0.15, -0.1) is 0 Å². The van der Waals surface area contributed by atoms with Crippen LogP contribution in [0.5, 0.6) is 11.5 Å². The van der Waals surface area contributed by atoms with Crippen LogP contribution in [0.2, 0.25) is 0 Å². The number of hydrogen-bond acceptors (Lipinski definition) is 7. The van der Waals surface area contributed by atoms with Crippen LogP contribution in [0, 0.1) is 19.7 Å². The first-order valence-electron chi connectivity index (χ1n) is 13.4. The molecule has 7 nitrogen and oxygen atoms in total. The van der Waals surface area contributed by atoms with Gasteiger partial charge in [0.15, 0.2) is 9.84 Å². The molecule has 212 valence electrons. The first kappa shape index (κ1) is 28.1. The number of fused-ring (bicyclic) bond motifs is 2. The smallest absolute Gasteiger partial charge is 0.306 e. The average Bonchev–Trinajstić information content (AvgIpc) is 3.53. The second-order valence-electron chi connectivity index (χ2n) is 10.4. The minimum Gasteiger partial charge on any atom is -0.492 e. The Morgan fingerprint density at radius 2 is 1.88 bits per heavy atom. The van der Waals surface area contributed by atoms with E-state index in [1.54, 1.807) is 24.3 Å². The second kappa shape index (κ2) is 11.2. The SMILES string of the molecule is COC(=O)C[C@@H]1COc2cc(O[C@@H]3CCc4c(-c5c(C)cc(S(=O)(=O)CCCO)cc5C)ccc(F)c43)ccc21. The second-order valence-corrected chi connectivity index (χ2v) is 12.6. The third-order valence-corrected chi connectivity index (χ3v) is 9.55. The van der Waals surface area contributed by atoms with Crippen molar-refractivity contribution in [1.82, 2.24) is 0 Å². The molecule has 1 aliphatic heterocycles. The summed E-state index contributed by atoms with van der Waals surface area (Å²) < 4.78 is 57.6. The standard InChI is InChI=1S/C31H33FO7S/c1-18-13-22(40(35,36)12-4-11-33)14-19(2)30(18)24-7-9-26(32)31-25(24)8-10-27(31)39-21-5-6-23-20(15-29(34)37-3)17-38-28(23)16-21/h5-7,9,13-14,16,20,27,33H,4,8,10-12,15,17H2,1-3H3/t20-,27-/m1/s1. The minimum atomic E-state index is -3.52. The number of sulfone groups is 1. The monoisotopic (exact) mass is 568 g/mol. The molecule has 0 saturated heterocycles. The van der Waals surface area contributed by atoms with Crippen LogP contribution in [0.3, 0.4) is 0 Å². The van der Waals surface area contributed by atoms with E-state index >= 15 is 4.39 Å². The zero-order chi connectivity index (χ0) is 28.6. The molecule has 0 aromatic heterocycles. The van der Waals surface area contributed by atoms with Gasteiger partial charge in [0.25, 0.3) is 0 Å². The first-order chi connectivity index (χ1) is 19.1. The maximum absolute atomic E-state index is 15.3. The molecule has 1 aliphatic carbocycles. The fourth-order valence-electron chi connectivity index (χ4n) is 5.87. The van der Waals surface area contributed by atoms with Crippen LogP contribution in [0.1, 0.15) is 59.1 Å². The van der Waals surface area contributed by atoms with Crippen molar-refractivity contribution in [2.24, 2.45) is 0 Å². The normalized spacial score (nSPS) is 17.7. The van der Waals surface area contributed by atoms with E-state index in [1.165, 1.54) is 13.2 Å². The first-order valence-corrected chi connectivity index (χ1v) is 15.0. The number of benzene rings is 3. The Hall–Kier alpha value is -3.43. The summed E-state index contributed by atoms with van der Waals surface area (Å²) >= 11 is 0. The third kappa shape index (κ3) is 5.32. The number of aryl methyl sites for hydroxylation is 2. The molecule has 1 heterocycles. The molecule has 40 heavy (non-hydrogen) atoms. The molecule has 2 atom stereocenters. The number of hydrogen-bond donors (Lipinski definition) is 1. The quantitative estimate of drug-likeness (QED) is 0.347. The molecule has 3 aromatic rings. The van der Waals surface area contributed by atoms with Crippen molar-refractivity contribution in [3.8, 4) is 22.6 Å². The van der Waals surface area contributed by atoms with Gasteiger partial charge in [0.1, 0.15) is 23.4 Å². The summed E-state index contributed by atoms with van der Waals surface area (Å²) in [6.07, 6.45) is 1.14. The van der Waals surface area contributed by atoms with E-state index in [0.717, 1.165) is 33.4 Å². The molecule has 3 aromatic carbocycles. The summed E-state index contributed by atoms with van der Waals surface area (Å²) in [5, 5.41) is 9.07. The molecule has 0 saturated carbocycles. The fraction of sp³-hybridized carbons (Fsp3) is 0.387. The number of aliphatic hydroxyl groups excluding tert-OH is 1. The Kier molecular flexibility index (Phi) is 7.88. The highest BCUT2D eigenvalue weighted by Gasteiger charge is 2.32. The number of esters is 1. The zero-order valence-electron chi connectivity index (χ0n) is 22.8. The number of rotatable bonds is 9. The van der Waals surface area contributed by atoms with E-state index < -0.39 is 15.9 Å². The van der Waals surface area contributed by atoms with E-state index in [0.29, 0.717) is 36.5 Å². The highest BCUT2D eigenvalue weighted by Crippen LogP contribution is 2.45. The molecule has 0 unspecified atom stereocenters. The predicted octanol–water partition coefficient (Wildman–Crippen LogP) is 5.37. The van der Waals surface area contributed by atoms with Gasteiger partial charge < -0.3 is 19.3 Å². The highest BCUT2D eigenvalue weighted by molar-refractivity contribution is 7.91. The van der Waals surface area contributed by atoms with Gasteiger partial charge in [0.2, 0.25) is 0 Å². The topological polar surface area (TPSA) is 99.1 Å². The predicted molar refractivity (Wildman–Crippen MR) is 148 cm³/mol. The maximum Gasteiger partial charge on any atom is 0.306 e. The fourth-order valence-corrected chi connectivity index (χ4v) is 7.33. The molecule has 5 rings (SSSR count). The van der Waals surface area contributed by atoms with Crippen molar-refractivity contribution in [2.45, 2.75) is 56.4 Å². The number of ether oxygens (including phenoxy) is 3. The van der Waals surface area contributed by atoms with Gasteiger partial charge in [-0.3, -0.25) is 4.79 Å². The van der Waals surface area contributed by atoms with Crippen molar-refractivity contribution >= 4 is 15.8 Å². The van der Waals surface area contributed by atoms with E-state index in [-0.39, 0.29) is 47.8 Å². The number of methoxy groups -OCH3 is 1. The molecule has 9 heteroatoms. The van der Waals surface area contributed by atoms with Crippen molar-refractivity contribution in [2.75, 3.05) is 26.1 Å². The van der Waals surface area contributed by atoms with Crippen molar-refractivity contribution < 1.29 is 36.9 Å². The number of halogens is 1. The lowest BCUT2D eigenvalue weighted by molar-refractivity contribution is -0.141. The average molecular weight is 569 g/mol. The van der Waals surface area contributed by atoms with Gasteiger partial charge in [0, 0.05) is 29.7 Å². The molecule has 0 fully saturated rings. The van der Waals surface area contributed by atoms with Gasteiger partial charge in [0.05, 0.1) is 30.8 Å². The van der Waals surface area contributed by atoms with Crippen molar-refractivity contribution in [1.29, 1.82) is 0 Å². The number of carbonyl (C=O) groups excluding carboxylic acids is 1. The van der Waals surface area contributed by atoms with Crippen LogP contribution in [0.15, 0.2) is 47.4 Å². The van der Waals surface area contributed by atoms with E-state index in [2.05, 4.69) is 0 Å². The van der Waals surface area contributed by atoms with Crippen LogP contribution in [-0.4, -0.2) is 45.6 Å². The van der Waals surface area contributed by atoms with Gasteiger partial charge in [-0.25, -0.2) is 12.8 Å². The molecular formula is C31H33FO7S. The Balaban J connectivity index is 1.43. The Bertz CT molecular complexity index is 1540. The van der Waals surface area contributed by atoms with Crippen molar-refractivity contribution in [3.05, 3.63) is 76.1 Å². The summed E-state index contributed by atoms with van der Waals surface area (Å²) in [5.41, 5.74) is 5.64. The summed E-state index contributed by atoms with van der Waals surface area (Å²) in [7, 11) is -2.15. The summed E-state index contributed by atoms with van der Waals surface area (Å²) in [5.74, 6) is 0.386. The molecular weight excluding hydrogens is 535 g/mol. The van der Waals surface area contributed by atoms with Crippen LogP contribution in [0.4, 0.5) is 4.39 Å². The summed E-state index contributed by atoms with van der Waals surface area (Å²) in [6.45, 7) is 3.93. The lowest BCUT2D eigenvalue weighted by Gasteiger charge is -2.19. The lowest BCUT2D eigenvalue weighted by atomic mass is 9.90. The molecule has 1 N–H and O–H groups in total. The number of carbonyl (C=O) groups is 1. The minimum absolute atomic E-state index is 0.0776. The van der Waals surface area contributed by atoms with Gasteiger partial charge in [-0.05, 0) is 85.2 Å². The van der Waals surface area contributed by atoms with Gasteiger partial charge in [-0.2, -0.15) is 0 Å².